The summed E-state index contributed by atoms with van der Waals surface area (Å²) in [6.07, 6.45) is 4.49. The summed E-state index contributed by atoms with van der Waals surface area (Å²) in [5.74, 6) is -2.67. The van der Waals surface area contributed by atoms with Crippen LogP contribution in [0.2, 0.25) is 0 Å². The quantitative estimate of drug-likeness (QED) is 0.639. The Hall–Kier alpha value is -2.63. The fourth-order valence-electron chi connectivity index (χ4n) is 2.62. The number of hydrogen-bond donors (Lipinski definition) is 2. The van der Waals surface area contributed by atoms with Crippen molar-refractivity contribution in [3.05, 3.63) is 42.0 Å². The largest absolute Gasteiger partial charge is 0.478 e. The lowest BCUT2D eigenvalue weighted by molar-refractivity contribution is -0.156. The summed E-state index contributed by atoms with van der Waals surface area (Å²) in [6, 6.07) is 5.90. The van der Waals surface area contributed by atoms with E-state index < -0.39 is 17.8 Å². The molecule has 0 saturated carbocycles. The Morgan fingerprint density at radius 1 is 1.08 bits per heavy atom. The Labute approximate surface area is 140 Å². The molecule has 0 aliphatic heterocycles. The Kier molecular flexibility index (Phi) is 5.73. The molecule has 0 spiro atoms. The number of aromatic carboxylic acids is 1. The fourth-order valence-corrected chi connectivity index (χ4v) is 2.62. The van der Waals surface area contributed by atoms with Crippen molar-refractivity contribution in [3.8, 4) is 0 Å². The van der Waals surface area contributed by atoms with Gasteiger partial charge in [-0.15, -0.1) is 0 Å². The van der Waals surface area contributed by atoms with Crippen LogP contribution in [-0.4, -0.2) is 29.1 Å². The van der Waals surface area contributed by atoms with Crippen molar-refractivity contribution in [1.82, 2.24) is 0 Å². The SMILES string of the molecule is CC(C)OC(=O)[C@H]1CC=CC[C@H]1C(=O)Nc1ccc(C(=O)O)cc1. The molecule has 1 aliphatic rings. The summed E-state index contributed by atoms with van der Waals surface area (Å²) in [6.45, 7) is 3.55. The van der Waals surface area contributed by atoms with Gasteiger partial charge in [-0.1, -0.05) is 12.2 Å². The fraction of sp³-hybridized carbons (Fsp3) is 0.389. The molecule has 0 bridgehead atoms. The first-order chi connectivity index (χ1) is 11.4. The molecular formula is C18H21NO5. The van der Waals surface area contributed by atoms with Crippen molar-refractivity contribution in [2.75, 3.05) is 5.32 Å². The van der Waals surface area contributed by atoms with Crippen LogP contribution in [-0.2, 0) is 14.3 Å². The van der Waals surface area contributed by atoms with Crippen LogP contribution < -0.4 is 5.32 Å². The lowest BCUT2D eigenvalue weighted by Crippen LogP contribution is -2.36. The number of carbonyl (C=O) groups excluding carboxylic acids is 2. The molecule has 1 amide bonds. The van der Waals surface area contributed by atoms with Crippen molar-refractivity contribution in [1.29, 1.82) is 0 Å². The van der Waals surface area contributed by atoms with E-state index in [1.165, 1.54) is 24.3 Å². The van der Waals surface area contributed by atoms with Gasteiger partial charge >= 0.3 is 11.9 Å². The second-order valence-corrected chi connectivity index (χ2v) is 6.01. The van der Waals surface area contributed by atoms with Crippen molar-refractivity contribution in [2.45, 2.75) is 32.8 Å². The predicted molar refractivity (Wildman–Crippen MR) is 88.6 cm³/mol. The van der Waals surface area contributed by atoms with Gasteiger partial charge in [-0.25, -0.2) is 4.79 Å². The first-order valence-electron chi connectivity index (χ1n) is 7.88. The Balaban J connectivity index is 2.07. The van der Waals surface area contributed by atoms with E-state index in [1.807, 2.05) is 12.2 Å². The van der Waals surface area contributed by atoms with Gasteiger partial charge in [0, 0.05) is 5.69 Å². The second kappa shape index (κ2) is 7.77. The minimum atomic E-state index is -1.03. The molecule has 1 aromatic carbocycles. The number of carboxylic acid groups (broad SMARTS) is 1. The number of ether oxygens (including phenoxy) is 1. The second-order valence-electron chi connectivity index (χ2n) is 6.01. The highest BCUT2D eigenvalue weighted by atomic mass is 16.5. The maximum Gasteiger partial charge on any atom is 0.335 e. The van der Waals surface area contributed by atoms with Crippen LogP contribution >= 0.6 is 0 Å². The maximum absolute atomic E-state index is 12.5. The van der Waals surface area contributed by atoms with Gasteiger partial charge < -0.3 is 15.2 Å². The summed E-state index contributed by atoms with van der Waals surface area (Å²) >= 11 is 0. The summed E-state index contributed by atoms with van der Waals surface area (Å²) in [7, 11) is 0. The van der Waals surface area contributed by atoms with Crippen LogP contribution in [0.15, 0.2) is 36.4 Å². The minimum Gasteiger partial charge on any atom is -0.478 e. The smallest absolute Gasteiger partial charge is 0.335 e. The van der Waals surface area contributed by atoms with E-state index in [0.717, 1.165) is 0 Å². The molecule has 2 atom stereocenters. The van der Waals surface area contributed by atoms with Crippen LogP contribution in [0.25, 0.3) is 0 Å². The molecule has 1 aliphatic carbocycles. The van der Waals surface area contributed by atoms with Crippen LogP contribution in [0.5, 0.6) is 0 Å². The lowest BCUT2D eigenvalue weighted by Gasteiger charge is -2.26. The average molecular weight is 331 g/mol. The average Bonchev–Trinajstić information content (AvgIpc) is 2.54. The van der Waals surface area contributed by atoms with Crippen LogP contribution in [0, 0.1) is 11.8 Å². The molecular weight excluding hydrogens is 310 g/mol. The van der Waals surface area contributed by atoms with Gasteiger partial charge in [0.2, 0.25) is 5.91 Å². The Bertz CT molecular complexity index is 648. The number of anilines is 1. The number of amides is 1. The molecule has 6 heteroatoms. The molecule has 0 unspecified atom stereocenters. The number of allylic oxidation sites excluding steroid dienone is 2. The lowest BCUT2D eigenvalue weighted by atomic mass is 9.82. The molecule has 0 heterocycles. The zero-order chi connectivity index (χ0) is 17.7. The third-order valence-corrected chi connectivity index (χ3v) is 3.82. The minimum absolute atomic E-state index is 0.145. The molecule has 24 heavy (non-hydrogen) atoms. The van der Waals surface area contributed by atoms with Crippen LogP contribution in [0.4, 0.5) is 5.69 Å². The molecule has 1 aromatic rings. The molecule has 6 nitrogen and oxygen atoms in total. The number of hydrogen-bond acceptors (Lipinski definition) is 4. The number of esters is 1. The molecule has 0 fully saturated rings. The number of carbonyl (C=O) groups is 3. The van der Waals surface area contributed by atoms with E-state index in [0.29, 0.717) is 18.5 Å². The van der Waals surface area contributed by atoms with E-state index in [2.05, 4.69) is 5.32 Å². The third kappa shape index (κ3) is 4.44. The van der Waals surface area contributed by atoms with Gasteiger partial charge in [0.05, 0.1) is 23.5 Å². The molecule has 0 saturated heterocycles. The highest BCUT2D eigenvalue weighted by Crippen LogP contribution is 2.28. The number of benzene rings is 1. The monoisotopic (exact) mass is 331 g/mol. The maximum atomic E-state index is 12.5. The van der Waals surface area contributed by atoms with Gasteiger partial charge in [-0.2, -0.15) is 0 Å². The number of carboxylic acids is 1. The molecule has 0 aromatic heterocycles. The van der Waals surface area contributed by atoms with Gasteiger partial charge in [-0.05, 0) is 51.0 Å². The number of nitrogens with one attached hydrogen (secondary N) is 1. The molecule has 0 radical (unpaired) electrons. The molecule has 2 N–H and O–H groups in total. The topological polar surface area (TPSA) is 92.7 Å². The third-order valence-electron chi connectivity index (χ3n) is 3.82. The van der Waals surface area contributed by atoms with Crippen molar-refractivity contribution < 1.29 is 24.2 Å². The summed E-state index contributed by atoms with van der Waals surface area (Å²) in [4.78, 5) is 35.6. The first kappa shape index (κ1) is 17.7. The van der Waals surface area contributed by atoms with E-state index in [4.69, 9.17) is 9.84 Å². The van der Waals surface area contributed by atoms with Gasteiger partial charge in [-0.3, -0.25) is 9.59 Å². The Morgan fingerprint density at radius 3 is 2.21 bits per heavy atom. The van der Waals surface area contributed by atoms with Gasteiger partial charge in [0.1, 0.15) is 0 Å². The number of rotatable bonds is 5. The predicted octanol–water partition coefficient (Wildman–Crippen LogP) is 2.86. The van der Waals surface area contributed by atoms with Crippen LogP contribution in [0.3, 0.4) is 0 Å². The highest BCUT2D eigenvalue weighted by Gasteiger charge is 2.35. The van der Waals surface area contributed by atoms with E-state index in [-0.39, 0.29) is 23.5 Å². The van der Waals surface area contributed by atoms with E-state index in [1.54, 1.807) is 13.8 Å². The van der Waals surface area contributed by atoms with E-state index >= 15 is 0 Å². The molecule has 2 rings (SSSR count). The van der Waals surface area contributed by atoms with Crippen molar-refractivity contribution in [3.63, 3.8) is 0 Å². The van der Waals surface area contributed by atoms with Gasteiger partial charge in [0.25, 0.3) is 0 Å². The van der Waals surface area contributed by atoms with E-state index in [9.17, 15) is 14.4 Å². The Morgan fingerprint density at radius 2 is 1.67 bits per heavy atom. The zero-order valence-corrected chi connectivity index (χ0v) is 13.7. The standard InChI is InChI=1S/C18H21NO5/c1-11(2)24-18(23)15-6-4-3-5-14(15)16(20)19-13-9-7-12(8-10-13)17(21)22/h3-4,7-11,14-15H,5-6H2,1-2H3,(H,19,20)(H,21,22)/t14-,15+/m1/s1. The molecule has 128 valence electrons. The normalized spacial score (nSPS) is 19.8. The first-order valence-corrected chi connectivity index (χ1v) is 7.88. The summed E-state index contributed by atoms with van der Waals surface area (Å²) in [5, 5.41) is 11.6. The van der Waals surface area contributed by atoms with Crippen molar-refractivity contribution >= 4 is 23.5 Å². The zero-order valence-electron chi connectivity index (χ0n) is 13.7. The van der Waals surface area contributed by atoms with Crippen molar-refractivity contribution in [2.24, 2.45) is 11.8 Å². The van der Waals surface area contributed by atoms with Gasteiger partial charge in [0.15, 0.2) is 0 Å². The summed E-state index contributed by atoms with van der Waals surface area (Å²) in [5.41, 5.74) is 0.641. The van der Waals surface area contributed by atoms with Crippen LogP contribution in [0.1, 0.15) is 37.0 Å². The summed E-state index contributed by atoms with van der Waals surface area (Å²) < 4.78 is 5.24. The highest BCUT2D eigenvalue weighted by molar-refractivity contribution is 5.96.